The van der Waals surface area contributed by atoms with E-state index < -0.39 is 0 Å². The second kappa shape index (κ2) is 4.12. The molecule has 5 heteroatoms. The molecule has 0 fully saturated rings. The number of halogens is 1. The average Bonchev–Trinajstić information content (AvgIpc) is 2.19. The molecule has 4 nitrogen and oxygen atoms in total. The van der Waals surface area contributed by atoms with Gasteiger partial charge in [-0.05, 0) is 12.1 Å². The van der Waals surface area contributed by atoms with E-state index in [1.807, 2.05) is 12.1 Å². The number of hydrogen-bond acceptors (Lipinski definition) is 4. The van der Waals surface area contributed by atoms with Crippen molar-refractivity contribution in [2.75, 3.05) is 12.8 Å². The zero-order valence-corrected chi connectivity index (χ0v) is 9.78. The van der Waals surface area contributed by atoms with Crippen molar-refractivity contribution >= 4 is 32.8 Å². The molecular weight excluding hydrogens is 258 g/mol. The molecule has 1 aromatic heterocycles. The topological polar surface area (TPSA) is 61.0 Å². The van der Waals surface area contributed by atoms with Gasteiger partial charge < -0.3 is 10.5 Å². The van der Waals surface area contributed by atoms with Crippen LogP contribution in [0.4, 0.5) is 5.95 Å². The van der Waals surface area contributed by atoms with Crippen LogP contribution in [0.1, 0.15) is 5.56 Å². The summed E-state index contributed by atoms with van der Waals surface area (Å²) in [6, 6.07) is 3.92. The highest BCUT2D eigenvalue weighted by Gasteiger charge is 2.05. The first-order valence-corrected chi connectivity index (χ1v) is 5.19. The Morgan fingerprint density at radius 2 is 2.27 bits per heavy atom. The van der Waals surface area contributed by atoms with Gasteiger partial charge in [-0.3, -0.25) is 0 Å². The van der Waals surface area contributed by atoms with E-state index in [4.69, 9.17) is 10.5 Å². The Kier molecular flexibility index (Phi) is 2.83. The number of anilines is 1. The lowest BCUT2D eigenvalue weighted by Crippen LogP contribution is -1.98. The lowest BCUT2D eigenvalue weighted by Gasteiger charge is -2.06. The molecule has 0 aliphatic heterocycles. The van der Waals surface area contributed by atoms with Crippen LogP contribution in [0, 0.1) is 0 Å². The van der Waals surface area contributed by atoms with Gasteiger partial charge in [0.2, 0.25) is 5.95 Å². The van der Waals surface area contributed by atoms with Gasteiger partial charge in [-0.2, -0.15) is 0 Å². The van der Waals surface area contributed by atoms with Gasteiger partial charge in [0, 0.05) is 28.7 Å². The number of nitrogen functional groups attached to an aromatic ring is 1. The van der Waals surface area contributed by atoms with E-state index in [0.717, 1.165) is 20.9 Å². The minimum atomic E-state index is 0.280. The number of rotatable bonds is 2. The van der Waals surface area contributed by atoms with Gasteiger partial charge in [0.25, 0.3) is 0 Å². The molecule has 0 atom stereocenters. The van der Waals surface area contributed by atoms with E-state index in [0.29, 0.717) is 6.61 Å². The molecule has 0 radical (unpaired) electrons. The van der Waals surface area contributed by atoms with E-state index in [1.54, 1.807) is 13.3 Å². The Morgan fingerprint density at radius 3 is 3.00 bits per heavy atom. The van der Waals surface area contributed by atoms with Crippen LogP contribution in [0.15, 0.2) is 22.8 Å². The third-order valence-electron chi connectivity index (χ3n) is 2.05. The zero-order valence-electron chi connectivity index (χ0n) is 8.20. The molecule has 1 aromatic carbocycles. The van der Waals surface area contributed by atoms with Crippen LogP contribution in [-0.2, 0) is 11.3 Å². The van der Waals surface area contributed by atoms with Crippen molar-refractivity contribution in [3.63, 3.8) is 0 Å². The quantitative estimate of drug-likeness (QED) is 0.906. The van der Waals surface area contributed by atoms with Gasteiger partial charge in [0.15, 0.2) is 0 Å². The largest absolute Gasteiger partial charge is 0.380 e. The van der Waals surface area contributed by atoms with Crippen LogP contribution in [-0.4, -0.2) is 17.1 Å². The van der Waals surface area contributed by atoms with Crippen LogP contribution < -0.4 is 5.73 Å². The highest BCUT2D eigenvalue weighted by molar-refractivity contribution is 9.10. The molecule has 0 bridgehead atoms. The number of nitrogens with zero attached hydrogens (tertiary/aromatic N) is 2. The van der Waals surface area contributed by atoms with Crippen molar-refractivity contribution in [2.45, 2.75) is 6.61 Å². The predicted octanol–water partition coefficient (Wildman–Crippen LogP) is 2.12. The lowest BCUT2D eigenvalue weighted by molar-refractivity contribution is 0.186. The predicted molar refractivity (Wildman–Crippen MR) is 62.4 cm³/mol. The van der Waals surface area contributed by atoms with Crippen molar-refractivity contribution in [3.8, 4) is 0 Å². The van der Waals surface area contributed by atoms with E-state index in [1.165, 1.54) is 0 Å². The molecule has 0 aliphatic rings. The smallest absolute Gasteiger partial charge is 0.220 e. The second-order valence-electron chi connectivity index (χ2n) is 3.16. The number of hydrogen-bond donors (Lipinski definition) is 1. The molecule has 2 N–H and O–H groups in total. The maximum absolute atomic E-state index is 5.55. The van der Waals surface area contributed by atoms with Crippen molar-refractivity contribution < 1.29 is 4.74 Å². The van der Waals surface area contributed by atoms with Crippen LogP contribution in [0.25, 0.3) is 10.9 Å². The zero-order chi connectivity index (χ0) is 10.8. The third-order valence-corrected chi connectivity index (χ3v) is 2.50. The Balaban J connectivity index is 2.70. The fourth-order valence-electron chi connectivity index (χ4n) is 1.46. The summed E-state index contributed by atoms with van der Waals surface area (Å²) in [6.07, 6.45) is 1.71. The maximum atomic E-state index is 5.55. The van der Waals surface area contributed by atoms with Gasteiger partial charge in [-0.15, -0.1) is 0 Å². The van der Waals surface area contributed by atoms with Crippen LogP contribution >= 0.6 is 15.9 Å². The summed E-state index contributed by atoms with van der Waals surface area (Å²) in [4.78, 5) is 8.16. The van der Waals surface area contributed by atoms with Crippen LogP contribution in [0.5, 0.6) is 0 Å². The van der Waals surface area contributed by atoms with E-state index >= 15 is 0 Å². The molecular formula is C10H10BrN3O. The Morgan fingerprint density at radius 1 is 1.47 bits per heavy atom. The second-order valence-corrected chi connectivity index (χ2v) is 4.08. The van der Waals surface area contributed by atoms with E-state index in [-0.39, 0.29) is 5.95 Å². The molecule has 0 saturated carbocycles. The fraction of sp³-hybridized carbons (Fsp3) is 0.200. The van der Waals surface area contributed by atoms with Crippen molar-refractivity contribution in [1.29, 1.82) is 0 Å². The van der Waals surface area contributed by atoms with Gasteiger partial charge in [-0.25, -0.2) is 9.97 Å². The molecule has 15 heavy (non-hydrogen) atoms. The summed E-state index contributed by atoms with van der Waals surface area (Å²) < 4.78 is 6.09. The number of benzene rings is 1. The van der Waals surface area contributed by atoms with E-state index in [2.05, 4.69) is 25.9 Å². The monoisotopic (exact) mass is 267 g/mol. The molecule has 0 saturated heterocycles. The Hall–Kier alpha value is -1.20. The third kappa shape index (κ3) is 2.08. The number of aromatic nitrogens is 2. The first-order chi connectivity index (χ1) is 7.20. The SMILES string of the molecule is COCc1cc(Br)cc2cnc(N)nc12. The van der Waals surface area contributed by atoms with Gasteiger partial charge in [0.1, 0.15) is 0 Å². The normalized spacial score (nSPS) is 10.8. The van der Waals surface area contributed by atoms with Crippen LogP contribution in [0.3, 0.4) is 0 Å². The van der Waals surface area contributed by atoms with Crippen molar-refractivity contribution in [1.82, 2.24) is 9.97 Å². The van der Waals surface area contributed by atoms with Crippen LogP contribution in [0.2, 0.25) is 0 Å². The molecule has 0 unspecified atom stereocenters. The number of nitrogens with two attached hydrogens (primary N) is 1. The number of ether oxygens (including phenoxy) is 1. The summed E-state index contributed by atoms with van der Waals surface area (Å²) in [6.45, 7) is 0.506. The molecule has 0 aliphatic carbocycles. The molecule has 0 spiro atoms. The molecule has 78 valence electrons. The summed E-state index contributed by atoms with van der Waals surface area (Å²) in [5.74, 6) is 0.280. The van der Waals surface area contributed by atoms with E-state index in [9.17, 15) is 0 Å². The standard InChI is InChI=1S/C10H10BrN3O/c1-15-5-7-3-8(11)2-6-4-13-10(12)14-9(6)7/h2-4H,5H2,1H3,(H2,12,13,14). The Labute approximate surface area is 95.6 Å². The minimum Gasteiger partial charge on any atom is -0.380 e. The molecule has 1 heterocycles. The summed E-state index contributed by atoms with van der Waals surface area (Å²) >= 11 is 3.43. The van der Waals surface area contributed by atoms with Gasteiger partial charge >= 0.3 is 0 Å². The summed E-state index contributed by atoms with van der Waals surface area (Å²) in [5, 5.41) is 0.950. The molecule has 2 rings (SSSR count). The number of fused-ring (bicyclic) bond motifs is 1. The summed E-state index contributed by atoms with van der Waals surface area (Å²) in [5.41, 5.74) is 7.39. The average molecular weight is 268 g/mol. The molecule has 2 aromatic rings. The highest BCUT2D eigenvalue weighted by atomic mass is 79.9. The lowest BCUT2D eigenvalue weighted by atomic mass is 10.1. The van der Waals surface area contributed by atoms with Gasteiger partial charge in [0.05, 0.1) is 12.1 Å². The minimum absolute atomic E-state index is 0.280. The highest BCUT2D eigenvalue weighted by Crippen LogP contribution is 2.23. The maximum Gasteiger partial charge on any atom is 0.220 e. The fourth-order valence-corrected chi connectivity index (χ4v) is 1.98. The van der Waals surface area contributed by atoms with Gasteiger partial charge in [-0.1, -0.05) is 15.9 Å². The summed E-state index contributed by atoms with van der Waals surface area (Å²) in [7, 11) is 1.65. The van der Waals surface area contributed by atoms with Crippen molar-refractivity contribution in [3.05, 3.63) is 28.4 Å². The molecule has 0 amide bonds. The Bertz CT molecular complexity index is 501. The van der Waals surface area contributed by atoms with Crippen molar-refractivity contribution in [2.24, 2.45) is 0 Å². The number of methoxy groups -OCH3 is 1. The first kappa shape index (κ1) is 10.3. The first-order valence-electron chi connectivity index (χ1n) is 4.40.